The monoisotopic (exact) mass is 223 g/mol. The van der Waals surface area contributed by atoms with Gasteiger partial charge in [-0.3, -0.25) is 9.48 Å². The number of nitrogens with zero attached hydrogens (tertiary/aromatic N) is 2. The molecule has 4 nitrogen and oxygen atoms in total. The molecule has 1 aromatic rings. The van der Waals surface area contributed by atoms with Crippen molar-refractivity contribution in [3.63, 3.8) is 0 Å². The number of carbonyl (C=O) groups is 1. The van der Waals surface area contributed by atoms with Gasteiger partial charge in [0.25, 0.3) is 0 Å². The van der Waals surface area contributed by atoms with Crippen molar-refractivity contribution in [1.29, 1.82) is 0 Å². The Morgan fingerprint density at radius 2 is 2.31 bits per heavy atom. The van der Waals surface area contributed by atoms with Gasteiger partial charge in [-0.2, -0.15) is 5.10 Å². The quantitative estimate of drug-likeness (QED) is 0.790. The zero-order chi connectivity index (χ0) is 12.1. The van der Waals surface area contributed by atoms with Crippen LogP contribution >= 0.6 is 0 Å². The first-order valence-electron chi connectivity index (χ1n) is 5.80. The molecule has 1 heterocycles. The molecule has 0 aromatic carbocycles. The molecule has 2 atom stereocenters. The fourth-order valence-electron chi connectivity index (χ4n) is 1.61. The Balaban J connectivity index is 2.40. The Morgan fingerprint density at radius 3 is 2.81 bits per heavy atom. The number of aryl methyl sites for hydroxylation is 2. The Bertz CT molecular complexity index is 346. The summed E-state index contributed by atoms with van der Waals surface area (Å²) in [5.41, 5.74) is 6.96. The van der Waals surface area contributed by atoms with E-state index >= 15 is 0 Å². The third kappa shape index (κ3) is 3.45. The Labute approximate surface area is 96.8 Å². The van der Waals surface area contributed by atoms with Crippen LogP contribution in [0.5, 0.6) is 0 Å². The fraction of sp³-hybridized carbons (Fsp3) is 0.667. The second kappa shape index (κ2) is 5.80. The van der Waals surface area contributed by atoms with Crippen molar-refractivity contribution in [2.24, 2.45) is 18.7 Å². The lowest BCUT2D eigenvalue weighted by molar-refractivity contribution is -0.121. The zero-order valence-corrected chi connectivity index (χ0v) is 10.3. The molecule has 0 bridgehead atoms. The summed E-state index contributed by atoms with van der Waals surface area (Å²) in [5, 5.41) is 4.06. The average molecular weight is 223 g/mol. The average Bonchev–Trinajstić information content (AvgIpc) is 2.69. The maximum atomic E-state index is 11.8. The van der Waals surface area contributed by atoms with Crippen molar-refractivity contribution in [1.82, 2.24) is 9.78 Å². The van der Waals surface area contributed by atoms with Gasteiger partial charge in [-0.25, -0.2) is 0 Å². The molecule has 90 valence electrons. The molecule has 0 saturated heterocycles. The second-order valence-electron chi connectivity index (χ2n) is 4.40. The van der Waals surface area contributed by atoms with E-state index in [4.69, 9.17) is 5.73 Å². The van der Waals surface area contributed by atoms with Crippen LogP contribution in [-0.4, -0.2) is 21.6 Å². The first-order chi connectivity index (χ1) is 7.54. The van der Waals surface area contributed by atoms with Crippen LogP contribution in [0.3, 0.4) is 0 Å². The first kappa shape index (κ1) is 12.9. The lowest BCUT2D eigenvalue weighted by Crippen LogP contribution is -2.36. The van der Waals surface area contributed by atoms with Gasteiger partial charge in [-0.15, -0.1) is 0 Å². The highest BCUT2D eigenvalue weighted by atomic mass is 16.1. The summed E-state index contributed by atoms with van der Waals surface area (Å²) in [6, 6.07) is -0.318. The molecular weight excluding hydrogens is 202 g/mol. The maximum absolute atomic E-state index is 11.8. The molecule has 1 aromatic heterocycles. The molecule has 16 heavy (non-hydrogen) atoms. The summed E-state index contributed by atoms with van der Waals surface area (Å²) < 4.78 is 1.74. The topological polar surface area (TPSA) is 60.9 Å². The van der Waals surface area contributed by atoms with Crippen LogP contribution < -0.4 is 5.73 Å². The maximum Gasteiger partial charge on any atom is 0.150 e. The predicted molar refractivity (Wildman–Crippen MR) is 64.0 cm³/mol. The minimum Gasteiger partial charge on any atom is -0.321 e. The van der Waals surface area contributed by atoms with Gasteiger partial charge in [0, 0.05) is 19.7 Å². The van der Waals surface area contributed by atoms with Gasteiger partial charge in [0.2, 0.25) is 0 Å². The van der Waals surface area contributed by atoms with Gasteiger partial charge in [0.1, 0.15) is 5.78 Å². The molecule has 1 rings (SSSR count). The molecule has 0 saturated carbocycles. The van der Waals surface area contributed by atoms with Crippen LogP contribution in [-0.2, 0) is 18.3 Å². The lowest BCUT2D eigenvalue weighted by atomic mass is 9.93. The smallest absolute Gasteiger partial charge is 0.150 e. The van der Waals surface area contributed by atoms with Crippen LogP contribution in [0.15, 0.2) is 12.4 Å². The Kier molecular flexibility index (Phi) is 4.68. The van der Waals surface area contributed by atoms with E-state index in [1.807, 2.05) is 20.2 Å². The van der Waals surface area contributed by atoms with Crippen molar-refractivity contribution >= 4 is 5.78 Å². The second-order valence-corrected chi connectivity index (χ2v) is 4.40. The Hall–Kier alpha value is -1.16. The van der Waals surface area contributed by atoms with Crippen LogP contribution in [0.1, 0.15) is 32.3 Å². The van der Waals surface area contributed by atoms with Crippen molar-refractivity contribution in [2.75, 3.05) is 0 Å². The summed E-state index contributed by atoms with van der Waals surface area (Å²) >= 11 is 0. The van der Waals surface area contributed by atoms with E-state index < -0.39 is 0 Å². The van der Waals surface area contributed by atoms with Gasteiger partial charge in [0.05, 0.1) is 12.2 Å². The molecule has 0 radical (unpaired) electrons. The zero-order valence-electron chi connectivity index (χ0n) is 10.3. The highest BCUT2D eigenvalue weighted by Gasteiger charge is 2.18. The number of rotatable bonds is 6. The molecule has 0 aliphatic heterocycles. The van der Waals surface area contributed by atoms with Gasteiger partial charge < -0.3 is 5.73 Å². The highest BCUT2D eigenvalue weighted by molar-refractivity contribution is 5.84. The molecule has 0 aliphatic carbocycles. The highest BCUT2D eigenvalue weighted by Crippen LogP contribution is 2.10. The minimum absolute atomic E-state index is 0.151. The van der Waals surface area contributed by atoms with E-state index in [-0.39, 0.29) is 17.7 Å². The SMILES string of the molecule is CCC(C)C(N)C(=O)CCc1cnn(C)c1. The van der Waals surface area contributed by atoms with Crippen LogP contribution in [0.4, 0.5) is 0 Å². The molecule has 0 spiro atoms. The van der Waals surface area contributed by atoms with E-state index in [1.165, 1.54) is 0 Å². The standard InChI is InChI=1S/C12H21N3O/c1-4-9(2)12(13)11(16)6-5-10-7-14-15(3)8-10/h7-9,12H,4-6,13H2,1-3H3. The van der Waals surface area contributed by atoms with E-state index in [0.717, 1.165) is 18.4 Å². The Morgan fingerprint density at radius 1 is 1.62 bits per heavy atom. The number of ketones is 1. The van der Waals surface area contributed by atoms with Crippen molar-refractivity contribution in [3.8, 4) is 0 Å². The number of aromatic nitrogens is 2. The number of hydrogen-bond donors (Lipinski definition) is 1. The van der Waals surface area contributed by atoms with Gasteiger partial charge >= 0.3 is 0 Å². The predicted octanol–water partition coefficient (Wildman–Crippen LogP) is 1.30. The lowest BCUT2D eigenvalue weighted by Gasteiger charge is -2.16. The molecule has 2 unspecified atom stereocenters. The first-order valence-corrected chi connectivity index (χ1v) is 5.80. The number of hydrogen-bond acceptors (Lipinski definition) is 3. The molecule has 0 amide bonds. The van der Waals surface area contributed by atoms with Crippen LogP contribution in [0, 0.1) is 5.92 Å². The third-order valence-corrected chi connectivity index (χ3v) is 3.05. The molecule has 2 N–H and O–H groups in total. The van der Waals surface area contributed by atoms with E-state index in [2.05, 4.69) is 12.0 Å². The van der Waals surface area contributed by atoms with Gasteiger partial charge in [-0.05, 0) is 17.9 Å². The van der Waals surface area contributed by atoms with Gasteiger partial charge in [0.15, 0.2) is 0 Å². The summed E-state index contributed by atoms with van der Waals surface area (Å²) in [5.74, 6) is 0.416. The van der Waals surface area contributed by atoms with Crippen molar-refractivity contribution in [2.45, 2.75) is 39.2 Å². The summed E-state index contributed by atoms with van der Waals surface area (Å²) in [6.45, 7) is 4.07. The van der Waals surface area contributed by atoms with E-state index in [9.17, 15) is 4.79 Å². The molecule has 0 aliphatic rings. The van der Waals surface area contributed by atoms with Crippen molar-refractivity contribution in [3.05, 3.63) is 18.0 Å². The van der Waals surface area contributed by atoms with Gasteiger partial charge in [-0.1, -0.05) is 20.3 Å². The molecule has 0 fully saturated rings. The largest absolute Gasteiger partial charge is 0.321 e. The van der Waals surface area contributed by atoms with Crippen LogP contribution in [0.2, 0.25) is 0 Å². The summed E-state index contributed by atoms with van der Waals surface area (Å²) in [6.07, 6.45) is 5.91. The summed E-state index contributed by atoms with van der Waals surface area (Å²) in [7, 11) is 1.87. The normalized spacial score (nSPS) is 14.8. The molecular formula is C12H21N3O. The van der Waals surface area contributed by atoms with E-state index in [0.29, 0.717) is 6.42 Å². The fourth-order valence-corrected chi connectivity index (χ4v) is 1.61. The molecule has 4 heteroatoms. The third-order valence-electron chi connectivity index (χ3n) is 3.05. The van der Waals surface area contributed by atoms with Crippen LogP contribution in [0.25, 0.3) is 0 Å². The number of nitrogens with two attached hydrogens (primary N) is 1. The number of carbonyl (C=O) groups excluding carboxylic acids is 1. The summed E-state index contributed by atoms with van der Waals surface area (Å²) in [4.78, 5) is 11.8. The van der Waals surface area contributed by atoms with Crippen molar-refractivity contribution < 1.29 is 4.79 Å². The minimum atomic E-state index is -0.318. The van der Waals surface area contributed by atoms with E-state index in [1.54, 1.807) is 10.9 Å². The number of Topliss-reactive ketones (excluding diaryl/α,β-unsaturated/α-hetero) is 1.